The highest BCUT2D eigenvalue weighted by atomic mass is 19.4. The third-order valence-electron chi connectivity index (χ3n) is 3.74. The molecule has 29 heavy (non-hydrogen) atoms. The zero-order valence-corrected chi connectivity index (χ0v) is 14.7. The van der Waals surface area contributed by atoms with Crippen molar-refractivity contribution in [2.45, 2.75) is 18.5 Å². The van der Waals surface area contributed by atoms with Crippen molar-refractivity contribution in [2.75, 3.05) is 36.5 Å². The van der Waals surface area contributed by atoms with Crippen molar-refractivity contribution in [1.29, 1.82) is 0 Å². The van der Waals surface area contributed by atoms with Gasteiger partial charge in [-0.15, -0.1) is 0 Å². The Morgan fingerprint density at radius 2 is 1.55 bits per heavy atom. The number of nitrogens with zero attached hydrogens (tertiary/aromatic N) is 4. The minimum atomic E-state index is -5.70. The molecule has 0 saturated carbocycles. The average Bonchev–Trinajstić information content (AvgIpc) is 2.66. The molecule has 13 heteroatoms. The number of anilines is 3. The molecule has 0 spiro atoms. The standard InChI is InChI=1S/C16H15F6N5O2/c17-15(18,19)11(16(20,21)22)29-14-25-12(23-10-4-2-1-3-5-10)24-13(26-14)27-6-8-28-9-7-27/h1-5,11H,6-9H2,(H,23,24,25,26). The van der Waals surface area contributed by atoms with Gasteiger partial charge in [0.25, 0.3) is 6.10 Å². The third kappa shape index (κ3) is 5.59. The van der Waals surface area contributed by atoms with Gasteiger partial charge >= 0.3 is 18.4 Å². The van der Waals surface area contributed by atoms with Crippen molar-refractivity contribution in [3.63, 3.8) is 0 Å². The molecular weight excluding hydrogens is 408 g/mol. The van der Waals surface area contributed by atoms with Crippen molar-refractivity contribution in [2.24, 2.45) is 0 Å². The fourth-order valence-electron chi connectivity index (χ4n) is 2.43. The first-order chi connectivity index (χ1) is 13.6. The monoisotopic (exact) mass is 423 g/mol. The molecule has 0 aliphatic carbocycles. The third-order valence-corrected chi connectivity index (χ3v) is 3.74. The summed E-state index contributed by atoms with van der Waals surface area (Å²) in [6.45, 7) is 1.21. The highest BCUT2D eigenvalue weighted by Gasteiger charge is 2.59. The van der Waals surface area contributed by atoms with E-state index < -0.39 is 24.5 Å². The lowest BCUT2D eigenvalue weighted by molar-refractivity contribution is -0.301. The number of para-hydroxylation sites is 1. The van der Waals surface area contributed by atoms with Crippen LogP contribution in [0.1, 0.15) is 0 Å². The Morgan fingerprint density at radius 3 is 2.14 bits per heavy atom. The van der Waals surface area contributed by atoms with Gasteiger partial charge in [-0.3, -0.25) is 0 Å². The molecule has 1 aliphatic rings. The minimum absolute atomic E-state index is 0.125. The molecule has 1 aliphatic heterocycles. The minimum Gasteiger partial charge on any atom is -0.440 e. The molecule has 0 unspecified atom stereocenters. The van der Waals surface area contributed by atoms with Crippen LogP contribution in [0.25, 0.3) is 0 Å². The van der Waals surface area contributed by atoms with Crippen LogP contribution >= 0.6 is 0 Å². The van der Waals surface area contributed by atoms with Crippen molar-refractivity contribution in [1.82, 2.24) is 15.0 Å². The molecule has 1 saturated heterocycles. The Hall–Kier alpha value is -2.83. The lowest BCUT2D eigenvalue weighted by atomic mass is 10.3. The number of ether oxygens (including phenoxy) is 2. The summed E-state index contributed by atoms with van der Waals surface area (Å²) in [7, 11) is 0. The van der Waals surface area contributed by atoms with Crippen molar-refractivity contribution in [3.05, 3.63) is 30.3 Å². The fourth-order valence-corrected chi connectivity index (χ4v) is 2.43. The fraction of sp³-hybridized carbons (Fsp3) is 0.438. The van der Waals surface area contributed by atoms with Crippen LogP contribution in [0, 0.1) is 0 Å². The zero-order valence-electron chi connectivity index (χ0n) is 14.7. The first kappa shape index (κ1) is 20.9. The van der Waals surface area contributed by atoms with Gasteiger partial charge in [-0.05, 0) is 12.1 Å². The van der Waals surface area contributed by atoms with Crippen molar-refractivity contribution in [3.8, 4) is 6.01 Å². The summed E-state index contributed by atoms with van der Waals surface area (Å²) < 4.78 is 86.4. The number of morpholine rings is 1. The number of rotatable bonds is 5. The van der Waals surface area contributed by atoms with Crippen LogP contribution in [-0.4, -0.2) is 59.7 Å². The second-order valence-electron chi connectivity index (χ2n) is 5.91. The van der Waals surface area contributed by atoms with Gasteiger partial charge in [-0.1, -0.05) is 18.2 Å². The Balaban J connectivity index is 1.95. The summed E-state index contributed by atoms with van der Waals surface area (Å²) in [4.78, 5) is 12.9. The van der Waals surface area contributed by atoms with Crippen molar-refractivity contribution >= 4 is 17.6 Å². The molecular formula is C16H15F6N5O2. The van der Waals surface area contributed by atoms with Gasteiger partial charge in [0.1, 0.15) is 0 Å². The van der Waals surface area contributed by atoms with E-state index in [0.717, 1.165) is 0 Å². The molecule has 0 radical (unpaired) electrons. The van der Waals surface area contributed by atoms with E-state index in [9.17, 15) is 26.3 Å². The molecule has 1 aromatic heterocycles. The summed E-state index contributed by atoms with van der Waals surface area (Å²) in [6.07, 6.45) is -15.5. The number of hydrogen-bond donors (Lipinski definition) is 1. The summed E-state index contributed by atoms with van der Waals surface area (Å²) >= 11 is 0. The van der Waals surface area contributed by atoms with Gasteiger partial charge in [0, 0.05) is 18.8 Å². The van der Waals surface area contributed by atoms with E-state index in [1.54, 1.807) is 35.2 Å². The molecule has 0 amide bonds. The van der Waals surface area contributed by atoms with E-state index in [-0.39, 0.29) is 11.9 Å². The van der Waals surface area contributed by atoms with E-state index in [2.05, 4.69) is 25.0 Å². The first-order valence-corrected chi connectivity index (χ1v) is 8.34. The van der Waals surface area contributed by atoms with Gasteiger partial charge in [0.15, 0.2) is 0 Å². The summed E-state index contributed by atoms with van der Waals surface area (Å²) in [5.74, 6) is -0.384. The predicted molar refractivity (Wildman–Crippen MR) is 89.1 cm³/mol. The van der Waals surface area contributed by atoms with Gasteiger partial charge < -0.3 is 19.7 Å². The van der Waals surface area contributed by atoms with Crippen LogP contribution in [0.3, 0.4) is 0 Å². The second-order valence-corrected chi connectivity index (χ2v) is 5.91. The SMILES string of the molecule is FC(F)(F)C(Oc1nc(Nc2ccccc2)nc(N2CCOCC2)n1)C(F)(F)F. The first-order valence-electron chi connectivity index (χ1n) is 8.34. The molecule has 1 N–H and O–H groups in total. The maximum absolute atomic E-state index is 12.8. The highest BCUT2D eigenvalue weighted by Crippen LogP contribution is 2.36. The summed E-state index contributed by atoms with van der Waals surface area (Å²) in [5.41, 5.74) is 0.473. The number of aromatic nitrogens is 3. The molecule has 2 heterocycles. The average molecular weight is 423 g/mol. The summed E-state index contributed by atoms with van der Waals surface area (Å²) in [5, 5.41) is 2.71. The van der Waals surface area contributed by atoms with Crippen LogP contribution in [0.2, 0.25) is 0 Å². The zero-order chi connectivity index (χ0) is 21.1. The van der Waals surface area contributed by atoms with Gasteiger partial charge in [0.2, 0.25) is 11.9 Å². The van der Waals surface area contributed by atoms with E-state index >= 15 is 0 Å². The quantitative estimate of drug-likeness (QED) is 0.740. The maximum atomic E-state index is 12.8. The molecule has 0 atom stereocenters. The van der Waals surface area contributed by atoms with Crippen LogP contribution < -0.4 is 15.0 Å². The normalized spacial score (nSPS) is 15.5. The Morgan fingerprint density at radius 1 is 0.931 bits per heavy atom. The van der Waals surface area contributed by atoms with Gasteiger partial charge in [-0.25, -0.2) is 0 Å². The molecule has 1 aromatic carbocycles. The van der Waals surface area contributed by atoms with E-state index in [1.165, 1.54) is 0 Å². The van der Waals surface area contributed by atoms with E-state index in [4.69, 9.17) is 4.74 Å². The number of benzene rings is 1. The Bertz CT molecular complexity index is 798. The molecule has 0 bridgehead atoms. The maximum Gasteiger partial charge on any atom is 0.434 e. The highest BCUT2D eigenvalue weighted by molar-refractivity contribution is 5.54. The molecule has 7 nitrogen and oxygen atoms in total. The van der Waals surface area contributed by atoms with Crippen molar-refractivity contribution < 1.29 is 35.8 Å². The van der Waals surface area contributed by atoms with Crippen LogP contribution in [0.5, 0.6) is 6.01 Å². The van der Waals surface area contributed by atoms with E-state index in [0.29, 0.717) is 32.0 Å². The number of alkyl halides is 6. The van der Waals surface area contributed by atoms with E-state index in [1.807, 2.05) is 0 Å². The topological polar surface area (TPSA) is 72.4 Å². The van der Waals surface area contributed by atoms with Crippen LogP contribution in [-0.2, 0) is 4.74 Å². The Labute approximate surface area is 160 Å². The number of hydrogen-bond acceptors (Lipinski definition) is 7. The molecule has 1 fully saturated rings. The van der Waals surface area contributed by atoms with Crippen LogP contribution in [0.15, 0.2) is 30.3 Å². The van der Waals surface area contributed by atoms with Gasteiger partial charge in [-0.2, -0.15) is 41.3 Å². The van der Waals surface area contributed by atoms with Gasteiger partial charge in [0.05, 0.1) is 13.2 Å². The molecule has 158 valence electrons. The largest absolute Gasteiger partial charge is 0.440 e. The smallest absolute Gasteiger partial charge is 0.434 e. The number of halogens is 6. The lowest BCUT2D eigenvalue weighted by Gasteiger charge is -2.27. The molecule has 3 rings (SSSR count). The van der Waals surface area contributed by atoms with Crippen LogP contribution in [0.4, 0.5) is 43.9 Å². The second kappa shape index (κ2) is 8.27. The Kier molecular flexibility index (Phi) is 5.96. The lowest BCUT2D eigenvalue weighted by Crippen LogP contribution is -2.47. The molecule has 2 aromatic rings. The number of nitrogens with one attached hydrogen (secondary N) is 1. The predicted octanol–water partition coefficient (Wildman–Crippen LogP) is 3.32. The summed E-state index contributed by atoms with van der Waals surface area (Å²) in [6, 6.07) is 7.21.